The molecule has 1 unspecified atom stereocenters. The quantitative estimate of drug-likeness (QED) is 0.0769. The first-order chi connectivity index (χ1) is 30.6. The van der Waals surface area contributed by atoms with E-state index < -0.39 is 33.3 Å². The van der Waals surface area contributed by atoms with E-state index in [2.05, 4.69) is 41.9 Å². The van der Waals surface area contributed by atoms with Gasteiger partial charge < -0.3 is 24.7 Å². The Kier molecular flexibility index (Phi) is 12.8. The molecule has 1 spiro atoms. The summed E-state index contributed by atoms with van der Waals surface area (Å²) >= 11 is 6.29. The number of hydrogen-bond acceptors (Lipinski definition) is 10. The van der Waals surface area contributed by atoms with Gasteiger partial charge in [0.15, 0.2) is 16.8 Å². The fraction of sp³-hybridized carbons (Fsp3) is 0.404. The SMILES string of the molecule is O=C(NS(=O)c1cc(F)c(NCC2CCOCC2)c([N+](=O)[O-])c1)c1ccc(N2CCCN(CC3=C(c4ccc(Cl)cc4)CC4(CCC4)CC3)CC2)cc1Oc1cnc2[nH]ccc2c1. The number of carbonyl (C=O) groups excluding carboxylic acids is 1. The molecule has 3 aromatic carbocycles. The van der Waals surface area contributed by atoms with Gasteiger partial charge in [-0.1, -0.05) is 35.7 Å². The summed E-state index contributed by atoms with van der Waals surface area (Å²) in [5, 5.41) is 16.5. The molecule has 9 rings (SSSR count). The number of nitrogens with one attached hydrogen (secondary N) is 3. The molecule has 2 aromatic heterocycles. The van der Waals surface area contributed by atoms with Crippen LogP contribution in [0.5, 0.6) is 11.5 Å². The number of nitrogens with zero attached hydrogens (tertiary/aromatic N) is 4. The van der Waals surface area contributed by atoms with E-state index in [1.807, 2.05) is 24.3 Å². The molecule has 63 heavy (non-hydrogen) atoms. The van der Waals surface area contributed by atoms with Crippen LogP contribution >= 0.6 is 11.6 Å². The van der Waals surface area contributed by atoms with Crippen LogP contribution in [-0.4, -0.2) is 82.4 Å². The lowest BCUT2D eigenvalue weighted by Gasteiger charge is -2.47. The molecule has 0 radical (unpaired) electrons. The van der Waals surface area contributed by atoms with E-state index >= 15 is 4.39 Å². The minimum Gasteiger partial charge on any atom is -0.455 e. The molecule has 2 saturated heterocycles. The summed E-state index contributed by atoms with van der Waals surface area (Å²) in [6, 6.07) is 19.3. The molecule has 2 aliphatic heterocycles. The van der Waals surface area contributed by atoms with Crippen molar-refractivity contribution in [2.45, 2.75) is 62.7 Å². The Morgan fingerprint density at radius 1 is 1.03 bits per heavy atom. The molecule has 3 fully saturated rings. The van der Waals surface area contributed by atoms with Gasteiger partial charge in [0.25, 0.3) is 11.6 Å². The number of carbonyl (C=O) groups is 1. The fourth-order valence-electron chi connectivity index (χ4n) is 9.52. The first-order valence-electron chi connectivity index (χ1n) is 21.8. The number of aromatic amines is 1. The van der Waals surface area contributed by atoms with Crippen molar-refractivity contribution in [2.24, 2.45) is 11.3 Å². The van der Waals surface area contributed by atoms with Crippen LogP contribution in [0.25, 0.3) is 16.6 Å². The number of anilines is 2. The average Bonchev–Trinajstić information content (AvgIpc) is 3.62. The van der Waals surface area contributed by atoms with Gasteiger partial charge in [-0.15, -0.1) is 0 Å². The monoisotopic (exact) mass is 895 g/mol. The molecule has 1 atom stereocenters. The van der Waals surface area contributed by atoms with Crippen molar-refractivity contribution < 1.29 is 27.8 Å². The maximum absolute atomic E-state index is 15.5. The summed E-state index contributed by atoms with van der Waals surface area (Å²) in [5.41, 5.74) is 5.48. The Bertz CT molecular complexity index is 2560. The predicted octanol–water partition coefficient (Wildman–Crippen LogP) is 9.67. The largest absolute Gasteiger partial charge is 0.455 e. The Morgan fingerprint density at radius 3 is 2.63 bits per heavy atom. The number of benzene rings is 3. The third-order valence-electron chi connectivity index (χ3n) is 13.3. The van der Waals surface area contributed by atoms with E-state index in [0.717, 1.165) is 93.1 Å². The zero-order valence-corrected chi connectivity index (χ0v) is 36.6. The molecular weight excluding hydrogens is 845 g/mol. The Balaban J connectivity index is 0.932. The van der Waals surface area contributed by atoms with E-state index in [9.17, 15) is 19.1 Å². The summed E-state index contributed by atoms with van der Waals surface area (Å²) < 4.78 is 43.3. The number of hydrogen-bond donors (Lipinski definition) is 3. The summed E-state index contributed by atoms with van der Waals surface area (Å²) in [6.07, 6.45) is 13.2. The number of nitro benzene ring substituents is 1. The Labute approximate surface area is 373 Å². The molecular formula is C47H51ClFN7O6S. The number of fused-ring (bicyclic) bond motifs is 1. The normalized spacial score (nSPS) is 18.8. The molecule has 16 heteroatoms. The van der Waals surface area contributed by atoms with Gasteiger partial charge >= 0.3 is 0 Å². The Hall–Kier alpha value is -5.35. The summed E-state index contributed by atoms with van der Waals surface area (Å²) in [7, 11) is -2.36. The lowest BCUT2D eigenvalue weighted by molar-refractivity contribution is -0.384. The maximum atomic E-state index is 15.5. The molecule has 4 heterocycles. The lowest BCUT2D eigenvalue weighted by atomic mass is 9.59. The second-order valence-corrected chi connectivity index (χ2v) is 18.9. The van der Waals surface area contributed by atoms with Crippen molar-refractivity contribution in [3.8, 4) is 11.5 Å². The average molecular weight is 896 g/mol. The van der Waals surface area contributed by atoms with Gasteiger partial charge in [0, 0.05) is 86.9 Å². The molecule has 4 aliphatic rings. The number of halogens is 2. The highest BCUT2D eigenvalue weighted by Crippen LogP contribution is 2.55. The summed E-state index contributed by atoms with van der Waals surface area (Å²) in [5.74, 6) is -0.945. The summed E-state index contributed by atoms with van der Waals surface area (Å²) in [4.78, 5) is 37.4. The first kappa shape index (κ1) is 42.9. The van der Waals surface area contributed by atoms with Crippen LogP contribution in [0, 0.1) is 27.3 Å². The second kappa shape index (κ2) is 18.8. The van der Waals surface area contributed by atoms with E-state index in [1.165, 1.54) is 42.4 Å². The maximum Gasteiger partial charge on any atom is 0.296 e. The molecule has 13 nitrogen and oxygen atoms in total. The predicted molar refractivity (Wildman–Crippen MR) is 243 cm³/mol. The van der Waals surface area contributed by atoms with Crippen LogP contribution in [0.3, 0.4) is 0 Å². The van der Waals surface area contributed by atoms with Crippen LogP contribution in [0.2, 0.25) is 5.02 Å². The van der Waals surface area contributed by atoms with Crippen LogP contribution in [0.1, 0.15) is 73.7 Å². The van der Waals surface area contributed by atoms with Gasteiger partial charge in [-0.25, -0.2) is 13.6 Å². The first-order valence-corrected chi connectivity index (χ1v) is 23.3. The molecule has 2 aliphatic carbocycles. The minimum absolute atomic E-state index is 0.0747. The van der Waals surface area contributed by atoms with Gasteiger partial charge in [-0.05, 0) is 116 Å². The highest BCUT2D eigenvalue weighted by molar-refractivity contribution is 7.83. The van der Waals surface area contributed by atoms with Crippen molar-refractivity contribution in [1.82, 2.24) is 19.6 Å². The number of ether oxygens (including phenoxy) is 2. The van der Waals surface area contributed by atoms with Gasteiger partial charge in [0.1, 0.15) is 22.8 Å². The van der Waals surface area contributed by atoms with Crippen molar-refractivity contribution in [3.05, 3.63) is 117 Å². The molecule has 1 saturated carbocycles. The summed E-state index contributed by atoms with van der Waals surface area (Å²) in [6.45, 7) is 5.74. The molecule has 330 valence electrons. The van der Waals surface area contributed by atoms with Crippen molar-refractivity contribution in [2.75, 3.05) is 62.7 Å². The highest BCUT2D eigenvalue weighted by atomic mass is 35.5. The van der Waals surface area contributed by atoms with Gasteiger partial charge in [0.05, 0.1) is 21.6 Å². The van der Waals surface area contributed by atoms with E-state index in [-0.39, 0.29) is 27.8 Å². The highest BCUT2D eigenvalue weighted by Gasteiger charge is 2.41. The van der Waals surface area contributed by atoms with Gasteiger partial charge in [-0.2, -0.15) is 0 Å². The number of allylic oxidation sites excluding steroid dienone is 1. The topological polar surface area (TPSA) is 155 Å². The number of H-pyrrole nitrogens is 1. The smallest absolute Gasteiger partial charge is 0.296 e. The van der Waals surface area contributed by atoms with E-state index in [1.54, 1.807) is 30.6 Å². The Morgan fingerprint density at radius 2 is 1.86 bits per heavy atom. The lowest BCUT2D eigenvalue weighted by Crippen LogP contribution is -2.36. The third kappa shape index (κ3) is 9.76. The van der Waals surface area contributed by atoms with E-state index in [4.69, 9.17) is 21.1 Å². The zero-order chi connectivity index (χ0) is 43.5. The molecule has 3 N–H and O–H groups in total. The zero-order valence-electron chi connectivity index (χ0n) is 35.0. The van der Waals surface area contributed by atoms with Crippen LogP contribution in [0.4, 0.5) is 21.5 Å². The molecule has 1 amide bonds. The van der Waals surface area contributed by atoms with Gasteiger partial charge in [0.2, 0.25) is 0 Å². The van der Waals surface area contributed by atoms with Gasteiger partial charge in [-0.3, -0.25) is 24.5 Å². The number of rotatable bonds is 13. The van der Waals surface area contributed by atoms with Crippen LogP contribution < -0.4 is 19.7 Å². The fourth-order valence-corrected chi connectivity index (χ4v) is 10.5. The second-order valence-electron chi connectivity index (χ2n) is 17.3. The number of amides is 1. The van der Waals surface area contributed by atoms with E-state index in [0.29, 0.717) is 36.6 Å². The van der Waals surface area contributed by atoms with Crippen LogP contribution in [0.15, 0.2) is 89.6 Å². The number of aromatic nitrogens is 2. The van der Waals surface area contributed by atoms with Crippen LogP contribution in [-0.2, 0) is 15.7 Å². The van der Waals surface area contributed by atoms with Crippen molar-refractivity contribution in [1.29, 1.82) is 0 Å². The standard InChI is InChI=1S/C47H51ClFN7O6S/c48-35-5-3-32(4-6-35)40-27-47(13-1-14-47)15-9-34(40)30-54-17-2-18-55(20-19-54)36-7-8-39(43(24-36)62-37-23-33-10-16-50-45(33)52-29-37)46(57)53-63(60)38-25-41(49)44(42(26-38)56(58)59)51-28-31-11-21-61-22-12-31/h3-8,10,16,23-26,29,31,51H,1-2,9,11-15,17-22,27-28,30H2,(H,50,52)(H,53,57). The third-order valence-corrected chi connectivity index (χ3v) is 14.6. The van der Waals surface area contributed by atoms with Crippen molar-refractivity contribution >= 4 is 62.2 Å². The molecule has 0 bridgehead atoms. The number of pyridine rings is 1. The number of nitro groups is 1. The minimum atomic E-state index is -2.36. The molecule has 5 aromatic rings. The van der Waals surface area contributed by atoms with Crippen molar-refractivity contribution in [3.63, 3.8) is 0 Å².